The van der Waals surface area contributed by atoms with Gasteiger partial charge in [-0.05, 0) is 46.8 Å². The molecule has 0 spiro atoms. The van der Waals surface area contributed by atoms with Gasteiger partial charge < -0.3 is 9.73 Å². The highest BCUT2D eigenvalue weighted by Gasteiger charge is 2.25. The van der Waals surface area contributed by atoms with Crippen LogP contribution in [-0.2, 0) is 10.0 Å². The van der Waals surface area contributed by atoms with Gasteiger partial charge in [-0.1, -0.05) is 12.1 Å². The molecule has 2 aromatic rings. The molecule has 0 bridgehead atoms. The molecule has 6 nitrogen and oxygen atoms in total. The molecule has 0 atom stereocenters. The van der Waals surface area contributed by atoms with Crippen LogP contribution in [0.4, 0.5) is 0 Å². The van der Waals surface area contributed by atoms with Crippen LogP contribution in [0, 0.1) is 5.92 Å². The van der Waals surface area contributed by atoms with Gasteiger partial charge in [-0.15, -0.1) is 0 Å². The zero-order valence-electron chi connectivity index (χ0n) is 13.3. The molecule has 1 aromatic carbocycles. The van der Waals surface area contributed by atoms with Crippen molar-refractivity contribution in [3.8, 4) is 0 Å². The zero-order chi connectivity index (χ0) is 17.3. The molecule has 0 radical (unpaired) electrons. The van der Waals surface area contributed by atoms with Crippen molar-refractivity contribution >= 4 is 42.8 Å². The molecule has 1 aliphatic heterocycles. The normalized spacial score (nSPS) is 17.2. The number of benzene rings is 1. The lowest BCUT2D eigenvalue weighted by atomic mass is 9.98. The smallest absolute Gasteiger partial charge is 0.287 e. The largest absolute Gasteiger partial charge is 0.450 e. The summed E-state index contributed by atoms with van der Waals surface area (Å²) in [6.07, 6.45) is 2.73. The first-order valence-electron chi connectivity index (χ1n) is 7.76. The van der Waals surface area contributed by atoms with Crippen LogP contribution in [0.3, 0.4) is 0 Å². The van der Waals surface area contributed by atoms with Crippen LogP contribution in [-0.4, -0.2) is 44.5 Å². The SMILES string of the molecule is CS(=O)(=O)N1CCC(CNC(=O)c2cc3cccc(Br)c3o2)CC1. The van der Waals surface area contributed by atoms with Gasteiger partial charge in [-0.3, -0.25) is 4.79 Å². The number of hydrogen-bond acceptors (Lipinski definition) is 4. The number of fused-ring (bicyclic) bond motifs is 1. The minimum Gasteiger partial charge on any atom is -0.450 e. The van der Waals surface area contributed by atoms with E-state index in [2.05, 4.69) is 21.2 Å². The highest BCUT2D eigenvalue weighted by Crippen LogP contribution is 2.27. The van der Waals surface area contributed by atoms with Crippen molar-refractivity contribution in [3.05, 3.63) is 34.5 Å². The Balaban J connectivity index is 1.57. The molecule has 1 amide bonds. The molecule has 3 rings (SSSR count). The average Bonchev–Trinajstić information content (AvgIpc) is 2.98. The third kappa shape index (κ3) is 3.81. The lowest BCUT2D eigenvalue weighted by Crippen LogP contribution is -2.41. The van der Waals surface area contributed by atoms with Crippen LogP contribution in [0.5, 0.6) is 0 Å². The van der Waals surface area contributed by atoms with E-state index in [4.69, 9.17) is 4.42 Å². The van der Waals surface area contributed by atoms with E-state index in [0.717, 1.165) is 22.7 Å². The number of halogens is 1. The zero-order valence-corrected chi connectivity index (χ0v) is 15.7. The molecule has 8 heteroatoms. The second-order valence-electron chi connectivity index (χ2n) is 6.08. The van der Waals surface area contributed by atoms with Gasteiger partial charge in [0, 0.05) is 25.0 Å². The number of carbonyl (C=O) groups is 1. The minimum absolute atomic E-state index is 0.247. The third-order valence-corrected chi connectivity index (χ3v) is 6.24. The Morgan fingerprint density at radius 1 is 1.38 bits per heavy atom. The first kappa shape index (κ1) is 17.4. The molecule has 1 aromatic heterocycles. The summed E-state index contributed by atoms with van der Waals surface area (Å²) in [5.41, 5.74) is 0.657. The van der Waals surface area contributed by atoms with Gasteiger partial charge in [0.1, 0.15) is 5.58 Å². The fourth-order valence-corrected chi connectivity index (χ4v) is 4.25. The van der Waals surface area contributed by atoms with Gasteiger partial charge in [-0.25, -0.2) is 12.7 Å². The summed E-state index contributed by atoms with van der Waals surface area (Å²) < 4.78 is 30.9. The van der Waals surface area contributed by atoms with Gasteiger partial charge in [0.25, 0.3) is 5.91 Å². The van der Waals surface area contributed by atoms with E-state index in [1.54, 1.807) is 6.07 Å². The molecule has 0 unspecified atom stereocenters. The molecule has 130 valence electrons. The van der Waals surface area contributed by atoms with Crippen molar-refractivity contribution in [2.45, 2.75) is 12.8 Å². The Morgan fingerprint density at radius 3 is 2.71 bits per heavy atom. The highest BCUT2D eigenvalue weighted by atomic mass is 79.9. The Hall–Kier alpha value is -1.38. The first-order chi connectivity index (χ1) is 11.3. The molecule has 0 saturated carbocycles. The fraction of sp³-hybridized carbons (Fsp3) is 0.438. The number of nitrogens with one attached hydrogen (secondary N) is 1. The molecule has 1 aliphatic rings. The van der Waals surface area contributed by atoms with Gasteiger partial charge in [0.2, 0.25) is 10.0 Å². The first-order valence-corrected chi connectivity index (χ1v) is 10.4. The van der Waals surface area contributed by atoms with E-state index in [0.29, 0.717) is 25.2 Å². The Kier molecular flexibility index (Phi) is 4.98. The predicted molar refractivity (Wildman–Crippen MR) is 95.4 cm³/mol. The number of carbonyl (C=O) groups excluding carboxylic acids is 1. The van der Waals surface area contributed by atoms with E-state index in [1.807, 2.05) is 18.2 Å². The lowest BCUT2D eigenvalue weighted by molar-refractivity contribution is 0.0916. The standard InChI is InChI=1S/C16H19BrN2O4S/c1-24(21,22)19-7-5-11(6-8-19)10-18-16(20)14-9-12-3-2-4-13(17)15(12)23-14/h2-4,9,11H,5-8,10H2,1H3,(H,18,20). The summed E-state index contributed by atoms with van der Waals surface area (Å²) >= 11 is 3.40. The van der Waals surface area contributed by atoms with E-state index >= 15 is 0 Å². The van der Waals surface area contributed by atoms with Crippen LogP contribution < -0.4 is 5.32 Å². The molecule has 1 saturated heterocycles. The van der Waals surface area contributed by atoms with E-state index < -0.39 is 10.0 Å². The van der Waals surface area contributed by atoms with Crippen LogP contribution in [0.2, 0.25) is 0 Å². The molecular formula is C16H19BrN2O4S. The second kappa shape index (κ2) is 6.85. The number of para-hydroxylation sites is 1. The number of hydrogen-bond donors (Lipinski definition) is 1. The maximum absolute atomic E-state index is 12.3. The molecule has 0 aliphatic carbocycles. The van der Waals surface area contributed by atoms with E-state index in [1.165, 1.54) is 10.6 Å². The van der Waals surface area contributed by atoms with Crippen molar-refractivity contribution in [1.82, 2.24) is 9.62 Å². The number of rotatable bonds is 4. The Labute approximate surface area is 149 Å². The van der Waals surface area contributed by atoms with Crippen LogP contribution >= 0.6 is 15.9 Å². The summed E-state index contributed by atoms with van der Waals surface area (Å²) in [5.74, 6) is 0.317. The van der Waals surface area contributed by atoms with Gasteiger partial charge in [-0.2, -0.15) is 0 Å². The number of nitrogens with zero attached hydrogens (tertiary/aromatic N) is 1. The fourth-order valence-electron chi connectivity index (χ4n) is 2.91. The lowest BCUT2D eigenvalue weighted by Gasteiger charge is -2.30. The topological polar surface area (TPSA) is 79.6 Å². The monoisotopic (exact) mass is 414 g/mol. The maximum atomic E-state index is 12.3. The number of sulfonamides is 1. The summed E-state index contributed by atoms with van der Waals surface area (Å²) in [6, 6.07) is 7.37. The Bertz CT molecular complexity index is 854. The number of piperidine rings is 1. The van der Waals surface area contributed by atoms with Crippen molar-refractivity contribution in [2.24, 2.45) is 5.92 Å². The molecular weight excluding hydrogens is 396 g/mol. The van der Waals surface area contributed by atoms with E-state index in [-0.39, 0.29) is 17.6 Å². The van der Waals surface area contributed by atoms with E-state index in [9.17, 15) is 13.2 Å². The van der Waals surface area contributed by atoms with Gasteiger partial charge >= 0.3 is 0 Å². The summed E-state index contributed by atoms with van der Waals surface area (Å²) in [5, 5.41) is 3.76. The van der Waals surface area contributed by atoms with Crippen molar-refractivity contribution < 1.29 is 17.6 Å². The van der Waals surface area contributed by atoms with Gasteiger partial charge in [0.15, 0.2) is 5.76 Å². The maximum Gasteiger partial charge on any atom is 0.287 e. The molecule has 1 fully saturated rings. The molecule has 24 heavy (non-hydrogen) atoms. The van der Waals surface area contributed by atoms with Crippen molar-refractivity contribution in [2.75, 3.05) is 25.9 Å². The quantitative estimate of drug-likeness (QED) is 0.833. The van der Waals surface area contributed by atoms with Crippen LogP contribution in [0.15, 0.2) is 33.2 Å². The summed E-state index contributed by atoms with van der Waals surface area (Å²) in [6.45, 7) is 1.54. The second-order valence-corrected chi connectivity index (χ2v) is 8.92. The van der Waals surface area contributed by atoms with Crippen molar-refractivity contribution in [1.29, 1.82) is 0 Å². The number of furan rings is 1. The highest BCUT2D eigenvalue weighted by molar-refractivity contribution is 9.10. The molecule has 1 N–H and O–H groups in total. The average molecular weight is 415 g/mol. The van der Waals surface area contributed by atoms with Gasteiger partial charge in [0.05, 0.1) is 10.7 Å². The van der Waals surface area contributed by atoms with Crippen LogP contribution in [0.1, 0.15) is 23.4 Å². The molecule has 2 heterocycles. The Morgan fingerprint density at radius 2 is 2.08 bits per heavy atom. The summed E-state index contributed by atoms with van der Waals surface area (Å²) in [4.78, 5) is 12.3. The predicted octanol–water partition coefficient (Wildman–Crippen LogP) is 2.60. The third-order valence-electron chi connectivity index (χ3n) is 4.31. The van der Waals surface area contributed by atoms with Crippen molar-refractivity contribution in [3.63, 3.8) is 0 Å². The number of amides is 1. The minimum atomic E-state index is -3.12. The summed E-state index contributed by atoms with van der Waals surface area (Å²) in [7, 11) is -3.12. The van der Waals surface area contributed by atoms with Crippen LogP contribution in [0.25, 0.3) is 11.0 Å².